The van der Waals surface area contributed by atoms with Crippen LogP contribution in [0.5, 0.6) is 0 Å². The second kappa shape index (κ2) is 11.5. The summed E-state index contributed by atoms with van der Waals surface area (Å²) < 4.78 is 1.72. The first-order valence-corrected chi connectivity index (χ1v) is 16.4. The van der Waals surface area contributed by atoms with E-state index in [9.17, 15) is 24.3 Å². The Balaban J connectivity index is 1.08. The topological polar surface area (TPSA) is 158 Å². The van der Waals surface area contributed by atoms with Crippen molar-refractivity contribution in [1.29, 1.82) is 0 Å². The van der Waals surface area contributed by atoms with Crippen LogP contribution in [-0.4, -0.2) is 81.4 Å². The minimum absolute atomic E-state index is 0.00857. The summed E-state index contributed by atoms with van der Waals surface area (Å²) in [4.78, 5) is 55.4. The van der Waals surface area contributed by atoms with Crippen molar-refractivity contribution in [2.24, 2.45) is 11.3 Å². The quantitative estimate of drug-likeness (QED) is 0.306. The van der Waals surface area contributed by atoms with E-state index in [1.54, 1.807) is 28.9 Å². The molecule has 3 saturated carbocycles. The maximum atomic E-state index is 13.8. The molecule has 0 bridgehead atoms. The summed E-state index contributed by atoms with van der Waals surface area (Å²) in [6, 6.07) is 6.48. The van der Waals surface area contributed by atoms with Crippen LogP contribution in [-0.2, 0) is 22.4 Å². The zero-order valence-corrected chi connectivity index (χ0v) is 25.8. The van der Waals surface area contributed by atoms with E-state index in [0.717, 1.165) is 56.1 Å². The molecule has 4 fully saturated rings. The van der Waals surface area contributed by atoms with Gasteiger partial charge in [-0.2, -0.15) is 5.10 Å². The number of carbonyl (C=O) groups is 4. The number of aliphatic hydroxyl groups is 1. The van der Waals surface area contributed by atoms with Gasteiger partial charge in [0.25, 0.3) is 5.91 Å². The van der Waals surface area contributed by atoms with Crippen molar-refractivity contribution >= 4 is 29.4 Å². The normalized spacial score (nSPS) is 27.6. The lowest BCUT2D eigenvalue weighted by Crippen LogP contribution is -2.67. The van der Waals surface area contributed by atoms with Gasteiger partial charge >= 0.3 is 6.03 Å². The van der Waals surface area contributed by atoms with Crippen molar-refractivity contribution in [3.05, 3.63) is 47.3 Å². The number of nitrogens with zero attached hydrogens (tertiary/aromatic N) is 3. The van der Waals surface area contributed by atoms with Crippen molar-refractivity contribution in [3.63, 3.8) is 0 Å². The molecule has 2 atom stereocenters. The van der Waals surface area contributed by atoms with Gasteiger partial charge in [0.1, 0.15) is 17.3 Å². The van der Waals surface area contributed by atoms with Gasteiger partial charge in [-0.1, -0.05) is 25.3 Å². The van der Waals surface area contributed by atoms with Crippen LogP contribution in [0.25, 0.3) is 0 Å². The number of aliphatic hydroxyl groups excluding tert-OH is 1. The van der Waals surface area contributed by atoms with Gasteiger partial charge in [0, 0.05) is 50.3 Å². The van der Waals surface area contributed by atoms with Crippen molar-refractivity contribution in [2.75, 3.05) is 25.5 Å². The lowest BCUT2D eigenvalue weighted by atomic mass is 9.83. The van der Waals surface area contributed by atoms with Gasteiger partial charge in [0.05, 0.1) is 12.1 Å². The third-order valence-electron chi connectivity index (χ3n) is 10.9. The van der Waals surface area contributed by atoms with E-state index in [0.29, 0.717) is 44.5 Å². The number of benzene rings is 1. The van der Waals surface area contributed by atoms with Gasteiger partial charge in [-0.15, -0.1) is 0 Å². The van der Waals surface area contributed by atoms with Crippen LogP contribution in [0.4, 0.5) is 10.5 Å². The van der Waals surface area contributed by atoms with Crippen molar-refractivity contribution in [1.82, 2.24) is 30.6 Å². The van der Waals surface area contributed by atoms with Gasteiger partial charge in [0.2, 0.25) is 11.8 Å². The number of carbonyl (C=O) groups excluding carboxylic acids is 4. The van der Waals surface area contributed by atoms with E-state index in [-0.39, 0.29) is 47.0 Å². The summed E-state index contributed by atoms with van der Waals surface area (Å²) in [7, 11) is 1.61. The van der Waals surface area contributed by atoms with E-state index in [4.69, 9.17) is 0 Å². The Labute approximate surface area is 262 Å². The number of fused-ring (bicyclic) bond motifs is 1. The Morgan fingerprint density at radius 2 is 1.82 bits per heavy atom. The highest BCUT2D eigenvalue weighted by Crippen LogP contribution is 2.49. The Hall–Kier alpha value is -3.93. The van der Waals surface area contributed by atoms with Crippen molar-refractivity contribution in [2.45, 2.75) is 94.4 Å². The van der Waals surface area contributed by atoms with Crippen LogP contribution < -0.4 is 21.3 Å². The molecule has 1 spiro atoms. The highest BCUT2D eigenvalue weighted by molar-refractivity contribution is 6.01. The van der Waals surface area contributed by atoms with Gasteiger partial charge < -0.3 is 31.3 Å². The SMILES string of the molecule is CNC(=O)C1(N2CC3(CC3)CNC2=O)Cc2ccc(NC(=O)[C@@H](NC(=O)c3ccn(C4CC(O)C4)n3)C3CCCCC3)cc2C1. The molecule has 1 unspecified atom stereocenters. The minimum Gasteiger partial charge on any atom is -0.393 e. The zero-order valence-electron chi connectivity index (χ0n) is 25.8. The molecule has 5 aliphatic rings. The van der Waals surface area contributed by atoms with Crippen LogP contribution in [0.3, 0.4) is 0 Å². The number of likely N-dealkylation sites (N-methyl/N-ethyl adjacent to an activating group) is 1. The number of aromatic nitrogens is 2. The standard InChI is InChI=1S/C33H43N7O5/c1-34-30(44)33(39-19-32(10-11-32)18-35-31(39)45)16-21-7-8-23(13-22(21)17-33)36-29(43)27(20-5-3-2-4-6-20)37-28(42)26-9-12-40(38-26)24-14-25(41)15-24/h7-9,12-13,20,24-25,27,41H,2-6,10-11,14-19H2,1H3,(H,34,44)(H,35,45)(H,36,43)(H,37,42)/t24?,25?,27-,33?/m0/s1. The summed E-state index contributed by atoms with van der Waals surface area (Å²) in [6.45, 7) is 1.22. The highest BCUT2D eigenvalue weighted by Gasteiger charge is 2.57. The zero-order chi connectivity index (χ0) is 31.3. The molecule has 0 radical (unpaired) electrons. The predicted molar refractivity (Wildman–Crippen MR) is 165 cm³/mol. The fraction of sp³-hybridized carbons (Fsp3) is 0.606. The summed E-state index contributed by atoms with van der Waals surface area (Å²) in [6.07, 6.45) is 10.4. The number of hydrogen-bond acceptors (Lipinski definition) is 6. The largest absolute Gasteiger partial charge is 0.393 e. The molecular formula is C33H43N7O5. The van der Waals surface area contributed by atoms with E-state index < -0.39 is 17.5 Å². The van der Waals surface area contributed by atoms with E-state index in [2.05, 4.69) is 26.4 Å². The maximum absolute atomic E-state index is 13.8. The molecule has 240 valence electrons. The molecule has 12 heteroatoms. The number of hydrogen-bond donors (Lipinski definition) is 5. The fourth-order valence-electron chi connectivity index (χ4n) is 7.86. The Kier molecular flexibility index (Phi) is 7.58. The average Bonchev–Trinajstić information content (AvgIpc) is 3.42. The smallest absolute Gasteiger partial charge is 0.318 e. The van der Waals surface area contributed by atoms with E-state index in [1.807, 2.05) is 18.2 Å². The molecule has 12 nitrogen and oxygen atoms in total. The summed E-state index contributed by atoms with van der Waals surface area (Å²) >= 11 is 0. The molecule has 5 N–H and O–H groups in total. The molecule has 1 aromatic carbocycles. The number of nitrogens with one attached hydrogen (secondary N) is 4. The molecule has 1 saturated heterocycles. The third kappa shape index (κ3) is 5.57. The molecule has 1 aromatic heterocycles. The summed E-state index contributed by atoms with van der Waals surface area (Å²) in [5.41, 5.74) is 1.77. The van der Waals surface area contributed by atoms with E-state index in [1.165, 1.54) is 0 Å². The summed E-state index contributed by atoms with van der Waals surface area (Å²) in [5.74, 6) is -0.849. The van der Waals surface area contributed by atoms with Gasteiger partial charge in [-0.05, 0) is 73.8 Å². The maximum Gasteiger partial charge on any atom is 0.318 e. The van der Waals surface area contributed by atoms with Crippen molar-refractivity contribution < 1.29 is 24.3 Å². The monoisotopic (exact) mass is 617 g/mol. The van der Waals surface area contributed by atoms with E-state index >= 15 is 0 Å². The highest BCUT2D eigenvalue weighted by atomic mass is 16.3. The van der Waals surface area contributed by atoms with Crippen LogP contribution >= 0.6 is 0 Å². The van der Waals surface area contributed by atoms with Crippen LogP contribution in [0, 0.1) is 11.3 Å². The Morgan fingerprint density at radius 1 is 1.07 bits per heavy atom. The molecule has 5 amide bonds. The minimum atomic E-state index is -1.03. The third-order valence-corrected chi connectivity index (χ3v) is 10.9. The lowest BCUT2D eigenvalue weighted by molar-refractivity contribution is -0.131. The molecular weight excluding hydrogens is 574 g/mol. The van der Waals surface area contributed by atoms with Crippen LogP contribution in [0.2, 0.25) is 0 Å². The first kappa shape index (κ1) is 29.8. The number of anilines is 1. The number of amides is 5. The van der Waals surface area contributed by atoms with Crippen LogP contribution in [0.1, 0.15) is 85.4 Å². The number of rotatable bonds is 8. The molecule has 45 heavy (non-hydrogen) atoms. The molecule has 2 aromatic rings. The summed E-state index contributed by atoms with van der Waals surface area (Å²) in [5, 5.41) is 25.9. The fourth-order valence-corrected chi connectivity index (χ4v) is 7.86. The van der Waals surface area contributed by atoms with Gasteiger partial charge in [0.15, 0.2) is 0 Å². The Morgan fingerprint density at radius 3 is 2.53 bits per heavy atom. The average molecular weight is 618 g/mol. The second-order valence-electron chi connectivity index (χ2n) is 14.0. The van der Waals surface area contributed by atoms with Gasteiger partial charge in [-0.3, -0.25) is 19.1 Å². The van der Waals surface area contributed by atoms with Gasteiger partial charge in [-0.25, -0.2) is 4.79 Å². The first-order chi connectivity index (χ1) is 21.7. The molecule has 1 aliphatic heterocycles. The molecule has 7 rings (SSSR count). The first-order valence-electron chi connectivity index (χ1n) is 16.4. The predicted octanol–water partition coefficient (Wildman–Crippen LogP) is 2.29. The Bertz CT molecular complexity index is 1510. The van der Waals surface area contributed by atoms with Crippen molar-refractivity contribution in [3.8, 4) is 0 Å². The second-order valence-corrected chi connectivity index (χ2v) is 14.0. The number of urea groups is 1. The lowest BCUT2D eigenvalue weighted by Gasteiger charge is -2.44. The molecule has 2 heterocycles. The van der Waals surface area contributed by atoms with Crippen LogP contribution in [0.15, 0.2) is 30.5 Å². The molecule has 4 aliphatic carbocycles.